The average Bonchev–Trinajstić information content (AvgIpc) is 2.92. The quantitative estimate of drug-likeness (QED) is 0.276. The lowest BCUT2D eigenvalue weighted by Crippen LogP contribution is -2.38. The molecule has 0 aliphatic carbocycles. The molecule has 10 nitrogen and oxygen atoms in total. The molecule has 0 aliphatic heterocycles. The molecule has 226 valence electrons. The smallest absolute Gasteiger partial charge is 0.253 e. The Morgan fingerprint density at radius 2 is 0.976 bits per heavy atom. The van der Waals surface area contributed by atoms with Crippen molar-refractivity contribution in [2.24, 2.45) is 0 Å². The Labute approximate surface area is 234 Å². The zero-order chi connectivity index (χ0) is 31.2. The second-order valence-electron chi connectivity index (χ2n) is 8.36. The molecule has 3 rings (SSSR count). The largest absolute Gasteiger partial charge is 0.363 e. The van der Waals surface area contributed by atoms with Crippen molar-refractivity contribution in [2.75, 3.05) is 13.1 Å². The topological polar surface area (TPSA) is 127 Å². The molecule has 3 aromatic carbocycles. The van der Waals surface area contributed by atoms with Crippen LogP contribution >= 0.6 is 0 Å². The number of hydrogen-bond acceptors (Lipinski definition) is 8. The van der Waals surface area contributed by atoms with Crippen LogP contribution in [0.4, 0.5) is 26.6 Å². The first-order chi connectivity index (χ1) is 19.7. The van der Waals surface area contributed by atoms with Crippen molar-refractivity contribution < 1.29 is 62.9 Å². The minimum atomic E-state index is -5.02. The van der Waals surface area contributed by atoms with Crippen molar-refractivity contribution in [1.29, 1.82) is 0 Å². The van der Waals surface area contributed by atoms with Gasteiger partial charge in [0, 0.05) is 34.3 Å². The molecule has 0 heterocycles. The van der Waals surface area contributed by atoms with Crippen molar-refractivity contribution >= 4 is 32.0 Å². The molecular weight excluding hydrogens is 622 g/mol. The first kappa shape index (κ1) is 32.5. The second kappa shape index (κ2) is 13.3. The van der Waals surface area contributed by atoms with Gasteiger partial charge in [-0.2, -0.15) is 8.61 Å². The summed E-state index contributed by atoms with van der Waals surface area (Å²) in [6.45, 7) is -4.42. The maximum Gasteiger partial charge on any atom is 0.363 e. The van der Waals surface area contributed by atoms with Crippen LogP contribution in [0.3, 0.4) is 0 Å². The van der Waals surface area contributed by atoms with Gasteiger partial charge in [-0.3, -0.25) is 9.88 Å². The van der Waals surface area contributed by atoms with Gasteiger partial charge in [-0.05, 0) is 35.4 Å². The molecule has 0 spiro atoms. The molecule has 0 amide bonds. The summed E-state index contributed by atoms with van der Waals surface area (Å²) < 4.78 is 134. The number of hydrogen-bond donors (Lipinski definition) is 0. The maximum atomic E-state index is 14.4. The van der Waals surface area contributed by atoms with Gasteiger partial charge in [0.05, 0.1) is 0 Å². The zero-order valence-electron chi connectivity index (χ0n) is 20.8. The van der Waals surface area contributed by atoms with E-state index in [-0.39, 0.29) is 31.9 Å². The lowest BCUT2D eigenvalue weighted by Gasteiger charge is -2.25. The highest BCUT2D eigenvalue weighted by atomic mass is 32.2. The van der Waals surface area contributed by atoms with E-state index in [4.69, 9.17) is 0 Å². The molecule has 0 unspecified atom stereocenters. The lowest BCUT2D eigenvalue weighted by atomic mass is 10.1. The molecule has 0 bridgehead atoms. The normalized spacial score (nSPS) is 12.0. The minimum absolute atomic E-state index is 0.122. The van der Waals surface area contributed by atoms with E-state index in [2.05, 4.69) is 9.88 Å². The highest BCUT2D eigenvalue weighted by Gasteiger charge is 2.34. The van der Waals surface area contributed by atoms with Crippen LogP contribution in [-0.2, 0) is 52.6 Å². The number of sulfonamides is 2. The molecule has 0 fully saturated rings. The molecule has 0 radical (unpaired) electrons. The third kappa shape index (κ3) is 7.44. The van der Waals surface area contributed by atoms with Gasteiger partial charge in [-0.15, -0.1) is 0 Å². The summed E-state index contributed by atoms with van der Waals surface area (Å²) >= 11 is 0. The van der Waals surface area contributed by atoms with Gasteiger partial charge >= 0.3 is 11.9 Å². The SMILES string of the molecule is O=C(CN(Cc1ccccc1CN(CC(=O)OF)S(=O)(=O)c1ccc(F)cc1F)S(=O)(=O)c1ccc(F)cc1F)OF. The molecule has 18 heteroatoms. The van der Waals surface area contributed by atoms with Crippen LogP contribution in [0.1, 0.15) is 11.1 Å². The van der Waals surface area contributed by atoms with E-state index in [0.717, 1.165) is 0 Å². The summed E-state index contributed by atoms with van der Waals surface area (Å²) in [6, 6.07) is 7.86. The van der Waals surface area contributed by atoms with Crippen molar-refractivity contribution in [3.63, 3.8) is 0 Å². The van der Waals surface area contributed by atoms with Crippen molar-refractivity contribution in [1.82, 2.24) is 8.61 Å². The van der Waals surface area contributed by atoms with Gasteiger partial charge in [0.25, 0.3) is 0 Å². The summed E-state index contributed by atoms with van der Waals surface area (Å²) in [4.78, 5) is 27.2. The molecule has 3 aromatic rings. The molecule has 42 heavy (non-hydrogen) atoms. The van der Waals surface area contributed by atoms with Crippen molar-refractivity contribution in [3.8, 4) is 0 Å². The maximum absolute atomic E-state index is 14.4. The Morgan fingerprint density at radius 3 is 1.29 bits per heavy atom. The molecule has 0 saturated heterocycles. The van der Waals surface area contributed by atoms with E-state index in [0.29, 0.717) is 24.3 Å². The lowest BCUT2D eigenvalue weighted by molar-refractivity contribution is -0.184. The Morgan fingerprint density at radius 1 is 0.619 bits per heavy atom. The van der Waals surface area contributed by atoms with Crippen LogP contribution in [0.25, 0.3) is 0 Å². The molecular formula is C24H18F6N2O8S2. The fourth-order valence-corrected chi connectivity index (χ4v) is 6.50. The third-order valence-corrected chi connectivity index (χ3v) is 9.27. The molecule has 0 aromatic heterocycles. The Bertz CT molecular complexity index is 1580. The highest BCUT2D eigenvalue weighted by Crippen LogP contribution is 2.26. The first-order valence-corrected chi connectivity index (χ1v) is 14.2. The number of carbonyl (C=O) groups is 2. The summed E-state index contributed by atoms with van der Waals surface area (Å²) in [5, 5.41) is 0. The summed E-state index contributed by atoms with van der Waals surface area (Å²) in [7, 11) is -10.0. The number of rotatable bonds is 12. The van der Waals surface area contributed by atoms with Crippen molar-refractivity contribution in [2.45, 2.75) is 22.9 Å². The van der Waals surface area contributed by atoms with Gasteiger partial charge in [-0.1, -0.05) is 24.3 Å². The van der Waals surface area contributed by atoms with E-state index in [9.17, 15) is 53.0 Å². The van der Waals surface area contributed by atoms with Crippen LogP contribution in [0.2, 0.25) is 0 Å². The van der Waals surface area contributed by atoms with E-state index >= 15 is 0 Å². The standard InChI is InChI=1S/C24H18F6N2O8S2/c25-17-5-7-21(19(27)9-17)41(35,36)31(13-23(33)39-29)11-15-3-1-2-4-16(15)12-32(14-24(34)40-30)42(37,38)22-8-6-18(26)10-20(22)28/h1-10H,11-14H2. The summed E-state index contributed by atoms with van der Waals surface area (Å²) in [5.74, 6) is -8.83. The number of carbonyl (C=O) groups excluding carboxylic acids is 2. The van der Waals surface area contributed by atoms with E-state index in [1.165, 1.54) is 24.3 Å². The van der Waals surface area contributed by atoms with Gasteiger partial charge in [0.2, 0.25) is 20.0 Å². The molecule has 0 aliphatic rings. The van der Waals surface area contributed by atoms with Gasteiger partial charge in [0.1, 0.15) is 46.1 Å². The summed E-state index contributed by atoms with van der Waals surface area (Å²) in [5.41, 5.74) is -0.243. The van der Waals surface area contributed by atoms with Crippen LogP contribution in [0.15, 0.2) is 70.5 Å². The van der Waals surface area contributed by atoms with E-state index in [1.807, 2.05) is 0 Å². The van der Waals surface area contributed by atoms with Gasteiger partial charge in [-0.25, -0.2) is 44.0 Å². The van der Waals surface area contributed by atoms with Crippen LogP contribution in [-0.4, -0.2) is 50.5 Å². The van der Waals surface area contributed by atoms with E-state index < -0.39 is 91.2 Å². The van der Waals surface area contributed by atoms with Gasteiger partial charge < -0.3 is 0 Å². The Kier molecular flexibility index (Phi) is 10.3. The Hall–Kier alpha value is -4.00. The minimum Gasteiger partial charge on any atom is -0.253 e. The number of nitrogens with zero attached hydrogens (tertiary/aromatic N) is 2. The van der Waals surface area contributed by atoms with Crippen molar-refractivity contribution in [3.05, 3.63) is 95.1 Å². The van der Waals surface area contributed by atoms with E-state index in [1.54, 1.807) is 0 Å². The molecule has 0 saturated carbocycles. The highest BCUT2D eigenvalue weighted by molar-refractivity contribution is 7.89. The monoisotopic (exact) mass is 640 g/mol. The summed E-state index contributed by atoms with van der Waals surface area (Å²) in [6.07, 6.45) is 0. The number of benzene rings is 3. The predicted molar refractivity (Wildman–Crippen MR) is 129 cm³/mol. The fourth-order valence-electron chi connectivity index (χ4n) is 3.68. The molecule has 0 atom stereocenters. The van der Waals surface area contributed by atoms with Crippen LogP contribution in [0.5, 0.6) is 0 Å². The zero-order valence-corrected chi connectivity index (χ0v) is 22.5. The predicted octanol–water partition coefficient (Wildman–Crippen LogP) is 3.48. The fraction of sp³-hybridized carbons (Fsp3) is 0.167. The van der Waals surface area contributed by atoms with Crippen LogP contribution in [0, 0.1) is 23.3 Å². The number of halogens is 6. The van der Waals surface area contributed by atoms with Crippen LogP contribution < -0.4 is 0 Å². The molecule has 0 N–H and O–H groups in total. The third-order valence-electron chi connectivity index (χ3n) is 5.62. The Balaban J connectivity index is 2.07. The second-order valence-corrected chi connectivity index (χ2v) is 12.2. The van der Waals surface area contributed by atoms with Gasteiger partial charge in [0.15, 0.2) is 0 Å². The first-order valence-electron chi connectivity index (χ1n) is 11.3. The average molecular weight is 641 g/mol.